The molecule has 0 unspecified atom stereocenters. The van der Waals surface area contributed by atoms with E-state index in [1.807, 2.05) is 19.1 Å². The van der Waals surface area contributed by atoms with Crippen molar-refractivity contribution in [2.45, 2.75) is 109 Å². The maximum atomic E-state index is 14.4. The normalized spacial score (nSPS) is 20.5. The number of allylic oxidation sites excluding steroid dienone is 10. The number of fused-ring (bicyclic) bond motifs is 5. The summed E-state index contributed by atoms with van der Waals surface area (Å²) in [4.78, 5) is 62.8. The Hall–Kier alpha value is -5.59. The van der Waals surface area contributed by atoms with Gasteiger partial charge < -0.3 is 29.1 Å². The Balaban J connectivity index is 1.28. The quantitative estimate of drug-likeness (QED) is 0.0973. The number of amides is 2. The molecule has 57 heavy (non-hydrogen) atoms. The van der Waals surface area contributed by atoms with Crippen LogP contribution in [-0.4, -0.2) is 58.4 Å². The van der Waals surface area contributed by atoms with E-state index in [-0.39, 0.29) is 43.2 Å². The number of rotatable bonds is 17. The molecule has 3 aliphatic rings. The molecule has 1 aromatic carbocycles. The molecular weight excluding hydrogens is 735 g/mol. The molecule has 2 bridgehead atoms. The third-order valence-corrected chi connectivity index (χ3v) is 10.3. The molecule has 2 amide bonds. The van der Waals surface area contributed by atoms with Crippen molar-refractivity contribution in [3.05, 3.63) is 124 Å². The van der Waals surface area contributed by atoms with Gasteiger partial charge in [-0.2, -0.15) is 0 Å². The van der Waals surface area contributed by atoms with E-state index < -0.39 is 57.8 Å². The second kappa shape index (κ2) is 20.5. The number of methoxy groups -OCH3 is 1. The maximum Gasteiger partial charge on any atom is 0.311 e. The lowest BCUT2D eigenvalue weighted by Crippen LogP contribution is -2.52. The van der Waals surface area contributed by atoms with Gasteiger partial charge in [0.25, 0.3) is 11.8 Å². The number of unbranched alkanes of at least 4 members (excludes halogenated alkanes) is 1. The average molecular weight is 787 g/mol. The van der Waals surface area contributed by atoms with Gasteiger partial charge in [0.2, 0.25) is 17.1 Å². The number of aromatic nitrogens is 1. The van der Waals surface area contributed by atoms with Gasteiger partial charge in [-0.25, -0.2) is 8.78 Å². The molecule has 1 saturated heterocycles. The zero-order chi connectivity index (χ0) is 40.8. The van der Waals surface area contributed by atoms with Crippen molar-refractivity contribution in [2.24, 2.45) is 5.16 Å². The number of pyridine rings is 1. The number of halogens is 2. The molecule has 1 N–H and O–H groups in total. The Morgan fingerprint density at radius 2 is 1.67 bits per heavy atom. The number of benzene rings is 1. The molecule has 0 aliphatic carbocycles. The van der Waals surface area contributed by atoms with Gasteiger partial charge in [0.05, 0.1) is 19.6 Å². The van der Waals surface area contributed by atoms with Gasteiger partial charge in [-0.1, -0.05) is 78.9 Å². The SMILES string of the molecule is CC/C=C\C/C=C\C/C=C\C/C=C\C/C=C\CCCC(=O)Oc1c2n(cc(C(=O)NCc3ccc(F)cc3F)c1=O)[C@@H]1CN(C2=O)[C@@H](C)CC[C@]12CC(OC)=NO2. The molecule has 11 nitrogen and oxygen atoms in total. The Morgan fingerprint density at radius 3 is 2.30 bits per heavy atom. The summed E-state index contributed by atoms with van der Waals surface area (Å²) in [6, 6.07) is 2.03. The summed E-state index contributed by atoms with van der Waals surface area (Å²) in [6.07, 6.45) is 29.1. The second-order valence-electron chi connectivity index (χ2n) is 14.3. The molecule has 1 aromatic heterocycles. The van der Waals surface area contributed by atoms with Gasteiger partial charge in [0.15, 0.2) is 11.3 Å². The molecule has 304 valence electrons. The van der Waals surface area contributed by atoms with Crippen LogP contribution in [0.5, 0.6) is 5.75 Å². The number of hydrogen-bond donors (Lipinski definition) is 1. The van der Waals surface area contributed by atoms with Crippen molar-refractivity contribution in [2.75, 3.05) is 13.7 Å². The first-order chi connectivity index (χ1) is 27.6. The lowest BCUT2D eigenvalue weighted by Gasteiger charge is -2.41. The van der Waals surface area contributed by atoms with Gasteiger partial charge >= 0.3 is 5.97 Å². The molecule has 5 rings (SSSR count). The predicted molar refractivity (Wildman–Crippen MR) is 214 cm³/mol. The van der Waals surface area contributed by atoms with Crippen molar-refractivity contribution >= 4 is 23.7 Å². The average Bonchev–Trinajstić information content (AvgIpc) is 3.58. The molecular formula is C44H52F2N4O7. The molecule has 3 atom stereocenters. The van der Waals surface area contributed by atoms with Gasteiger partial charge in [-0.3, -0.25) is 19.2 Å². The van der Waals surface area contributed by atoms with E-state index in [1.54, 1.807) is 4.90 Å². The largest absolute Gasteiger partial charge is 0.482 e. The molecule has 1 fully saturated rings. The highest BCUT2D eigenvalue weighted by Gasteiger charge is 2.55. The fourth-order valence-corrected chi connectivity index (χ4v) is 7.11. The van der Waals surface area contributed by atoms with Gasteiger partial charge in [0.1, 0.15) is 17.2 Å². The molecule has 0 radical (unpaired) electrons. The first kappa shape index (κ1) is 42.6. The highest BCUT2D eigenvalue weighted by atomic mass is 19.1. The van der Waals surface area contributed by atoms with E-state index in [4.69, 9.17) is 14.3 Å². The topological polar surface area (TPSA) is 129 Å². The molecule has 4 heterocycles. The molecule has 3 aliphatic heterocycles. The van der Waals surface area contributed by atoms with Crippen molar-refractivity contribution in [3.8, 4) is 5.75 Å². The van der Waals surface area contributed by atoms with Gasteiger partial charge in [-0.15, -0.1) is 0 Å². The van der Waals surface area contributed by atoms with Crippen LogP contribution in [0, 0.1) is 11.6 Å². The van der Waals surface area contributed by atoms with Crippen molar-refractivity contribution in [1.82, 2.24) is 14.8 Å². The van der Waals surface area contributed by atoms with Crippen LogP contribution in [0.2, 0.25) is 0 Å². The zero-order valence-corrected chi connectivity index (χ0v) is 32.9. The Kier molecular flexibility index (Phi) is 15.3. The third-order valence-electron chi connectivity index (χ3n) is 10.3. The number of ether oxygens (including phenoxy) is 2. The van der Waals surface area contributed by atoms with E-state index in [2.05, 4.69) is 66.0 Å². The molecule has 0 saturated carbocycles. The fourth-order valence-electron chi connectivity index (χ4n) is 7.11. The Labute approximate surface area is 332 Å². The number of hydrogen-bond acceptors (Lipinski definition) is 8. The number of oxime groups is 1. The van der Waals surface area contributed by atoms with Crippen molar-refractivity contribution in [3.63, 3.8) is 0 Å². The van der Waals surface area contributed by atoms with Crippen LogP contribution in [0.4, 0.5) is 8.78 Å². The second-order valence-corrected chi connectivity index (χ2v) is 14.3. The number of esters is 1. The summed E-state index contributed by atoms with van der Waals surface area (Å²) in [7, 11) is 1.48. The molecule has 2 aromatic rings. The Bertz CT molecular complexity index is 2020. The van der Waals surface area contributed by atoms with Crippen LogP contribution in [0.3, 0.4) is 0 Å². The minimum absolute atomic E-state index is 0.00639. The highest BCUT2D eigenvalue weighted by Crippen LogP contribution is 2.46. The number of carbonyl (C=O) groups excluding carboxylic acids is 3. The lowest BCUT2D eigenvalue weighted by atomic mass is 9.85. The van der Waals surface area contributed by atoms with E-state index >= 15 is 0 Å². The highest BCUT2D eigenvalue weighted by molar-refractivity contribution is 6.00. The first-order valence-electron chi connectivity index (χ1n) is 19.7. The van der Waals surface area contributed by atoms with E-state index in [9.17, 15) is 28.0 Å². The van der Waals surface area contributed by atoms with Crippen LogP contribution in [-0.2, 0) is 20.9 Å². The summed E-state index contributed by atoms with van der Waals surface area (Å²) < 4.78 is 40.5. The van der Waals surface area contributed by atoms with E-state index in [0.717, 1.165) is 38.2 Å². The zero-order valence-electron chi connectivity index (χ0n) is 32.9. The maximum absolute atomic E-state index is 14.4. The minimum atomic E-state index is -0.994. The monoisotopic (exact) mass is 786 g/mol. The number of nitrogens with zero attached hydrogens (tertiary/aromatic N) is 3. The minimum Gasteiger partial charge on any atom is -0.482 e. The Morgan fingerprint density at radius 1 is 1.00 bits per heavy atom. The van der Waals surface area contributed by atoms with Crippen LogP contribution >= 0.6 is 0 Å². The summed E-state index contributed by atoms with van der Waals surface area (Å²) in [6.45, 7) is 3.83. The van der Waals surface area contributed by atoms with Crippen LogP contribution in [0.1, 0.15) is 117 Å². The number of carbonyl (C=O) groups is 3. The van der Waals surface area contributed by atoms with E-state index in [0.29, 0.717) is 37.6 Å². The van der Waals surface area contributed by atoms with Gasteiger partial charge in [-0.05, 0) is 70.8 Å². The summed E-state index contributed by atoms with van der Waals surface area (Å²) >= 11 is 0. The first-order valence-corrected chi connectivity index (χ1v) is 19.7. The van der Waals surface area contributed by atoms with Gasteiger partial charge in [0, 0.05) is 43.4 Å². The standard InChI is InChI=1S/C44H52F2N4O7/c1-4-5-6-7-8-9-10-11-12-13-14-15-16-17-18-19-20-21-38(51)56-41-39-43(54)49-30-36(44(25-24-31(49)2)27-37(55-3)48-57-44)50(39)29-34(40(41)52)42(53)47-28-32-22-23-33(45)26-35(32)46/h5-6,8-9,11-12,14-15,17-18,22-23,26,29,31,36H,4,7,10,13,16,19-21,24-25,27-28,30H2,1-3H3,(H,47,53)/b6-5-,9-8-,12-11-,15-14-,18-17-/t31-,36+,44-/m0/s1. The lowest BCUT2D eigenvalue weighted by molar-refractivity contribution is -0.134. The van der Waals surface area contributed by atoms with E-state index in [1.165, 1.54) is 23.9 Å². The van der Waals surface area contributed by atoms with Crippen molar-refractivity contribution in [1.29, 1.82) is 0 Å². The molecule has 13 heteroatoms. The van der Waals surface area contributed by atoms with Crippen LogP contribution < -0.4 is 15.5 Å². The smallest absolute Gasteiger partial charge is 0.311 e. The number of nitrogens with one attached hydrogen (secondary N) is 1. The summed E-state index contributed by atoms with van der Waals surface area (Å²) in [5.74, 6) is -4.03. The molecule has 1 spiro atoms. The summed E-state index contributed by atoms with van der Waals surface area (Å²) in [5.41, 5.74) is -2.57. The third kappa shape index (κ3) is 10.8. The fraction of sp³-hybridized carbons (Fsp3) is 0.432. The predicted octanol–water partition coefficient (Wildman–Crippen LogP) is 8.18. The summed E-state index contributed by atoms with van der Waals surface area (Å²) in [5, 5.41) is 6.64. The van der Waals surface area contributed by atoms with Crippen LogP contribution in [0.15, 0.2) is 95.1 Å². The van der Waals surface area contributed by atoms with Crippen LogP contribution in [0.25, 0.3) is 0 Å². The van der Waals surface area contributed by atoms with Crippen molar-refractivity contribution < 1.29 is 37.5 Å².